The van der Waals surface area contributed by atoms with E-state index in [2.05, 4.69) is 27.1 Å². The summed E-state index contributed by atoms with van der Waals surface area (Å²) >= 11 is 7.77. The predicted octanol–water partition coefficient (Wildman–Crippen LogP) is 5.08. The summed E-state index contributed by atoms with van der Waals surface area (Å²) in [4.78, 5) is 38.5. The number of nitrogens with one attached hydrogen (secondary N) is 1. The predicted molar refractivity (Wildman–Crippen MR) is 144 cm³/mol. The maximum atomic E-state index is 14.4. The highest BCUT2D eigenvalue weighted by Gasteiger charge is 2.42. The first kappa shape index (κ1) is 27.4. The van der Waals surface area contributed by atoms with Crippen molar-refractivity contribution in [1.29, 1.82) is 0 Å². The fraction of sp³-hybridized carbons (Fsp3) is 0.538. The molecule has 0 saturated carbocycles. The van der Waals surface area contributed by atoms with Crippen LogP contribution in [0.1, 0.15) is 62.1 Å². The van der Waals surface area contributed by atoms with Crippen LogP contribution in [-0.4, -0.2) is 64.2 Å². The van der Waals surface area contributed by atoms with Crippen molar-refractivity contribution in [2.75, 3.05) is 31.1 Å². The van der Waals surface area contributed by atoms with Crippen molar-refractivity contribution in [3.05, 3.63) is 52.2 Å². The van der Waals surface area contributed by atoms with E-state index in [1.165, 1.54) is 17.7 Å². The molecule has 0 bridgehead atoms. The molecule has 1 fully saturated rings. The number of fused-ring (bicyclic) bond motifs is 1. The van der Waals surface area contributed by atoms with Crippen LogP contribution in [-0.2, 0) is 10.5 Å². The molecule has 2 amide bonds. The molecule has 8 nitrogen and oxygen atoms in total. The highest BCUT2D eigenvalue weighted by Crippen LogP contribution is 2.46. The van der Waals surface area contributed by atoms with Gasteiger partial charge in [0.05, 0.1) is 10.7 Å². The largest absolute Gasteiger partial charge is 0.465 e. The number of rotatable bonds is 6. The van der Waals surface area contributed by atoms with Gasteiger partial charge in [-0.25, -0.2) is 19.2 Å². The number of anilines is 1. The van der Waals surface area contributed by atoms with Crippen LogP contribution >= 0.6 is 23.4 Å². The summed E-state index contributed by atoms with van der Waals surface area (Å²) in [6.07, 6.45) is 1.30. The van der Waals surface area contributed by atoms with Crippen LogP contribution in [0.3, 0.4) is 0 Å². The Morgan fingerprint density at radius 2 is 1.95 bits per heavy atom. The summed E-state index contributed by atoms with van der Waals surface area (Å²) in [5.41, 5.74) is 2.23. The standard InChI is InChI=1S/C26H33ClFN5O3S/c1-5-19-20-18(13-37-19)29-14-30-23(20)32-8-10-33(11-9-32)24(34)22(31-25(35)36)21(26(2,3)4)15-6-7-16(27)17(28)12-15/h6-7,12,14,19,21-22,31H,5,8-11,13H2,1-4H3,(H,35,36)/t19?,21-,22?/m1/s1. The van der Waals surface area contributed by atoms with Crippen molar-refractivity contribution < 1.29 is 19.1 Å². The summed E-state index contributed by atoms with van der Waals surface area (Å²) < 4.78 is 14.4. The second kappa shape index (κ2) is 11.0. The van der Waals surface area contributed by atoms with Gasteiger partial charge in [0.2, 0.25) is 5.91 Å². The van der Waals surface area contributed by atoms with Gasteiger partial charge in [0, 0.05) is 48.7 Å². The lowest BCUT2D eigenvalue weighted by Crippen LogP contribution is -2.58. The molecule has 37 heavy (non-hydrogen) atoms. The van der Waals surface area contributed by atoms with Crippen LogP contribution in [0.4, 0.5) is 15.0 Å². The number of nitrogens with zero attached hydrogens (tertiary/aromatic N) is 4. The Balaban J connectivity index is 1.57. The van der Waals surface area contributed by atoms with E-state index in [1.807, 2.05) is 32.5 Å². The van der Waals surface area contributed by atoms with Crippen LogP contribution < -0.4 is 10.2 Å². The molecular weight excluding hydrogens is 517 g/mol. The average Bonchev–Trinajstić information content (AvgIpc) is 3.28. The van der Waals surface area contributed by atoms with Crippen LogP contribution in [0.2, 0.25) is 5.02 Å². The van der Waals surface area contributed by atoms with Crippen LogP contribution in [0.15, 0.2) is 24.5 Å². The van der Waals surface area contributed by atoms with Crippen molar-refractivity contribution in [2.24, 2.45) is 5.41 Å². The monoisotopic (exact) mass is 549 g/mol. The fourth-order valence-electron chi connectivity index (χ4n) is 5.36. The van der Waals surface area contributed by atoms with E-state index in [1.54, 1.807) is 17.3 Å². The first-order valence-corrected chi connectivity index (χ1v) is 13.9. The molecular formula is C26H33ClFN5O3S. The molecule has 1 aromatic heterocycles. The highest BCUT2D eigenvalue weighted by atomic mass is 35.5. The molecule has 2 aromatic rings. The number of benzene rings is 1. The van der Waals surface area contributed by atoms with Gasteiger partial charge in [0.15, 0.2) is 0 Å². The van der Waals surface area contributed by atoms with Gasteiger partial charge in [-0.3, -0.25) is 4.79 Å². The van der Waals surface area contributed by atoms with E-state index in [0.29, 0.717) is 37.0 Å². The number of hydrogen-bond acceptors (Lipinski definition) is 6. The number of thioether (sulfide) groups is 1. The van der Waals surface area contributed by atoms with E-state index in [-0.39, 0.29) is 10.9 Å². The SMILES string of the molecule is CCC1SCc2ncnc(N3CCN(C(=O)C(NC(=O)O)[C@@H](c4ccc(Cl)c(F)c4)C(C)(C)C)CC3)c21. The van der Waals surface area contributed by atoms with Gasteiger partial charge in [0.1, 0.15) is 24.0 Å². The van der Waals surface area contributed by atoms with E-state index >= 15 is 0 Å². The molecule has 1 aromatic carbocycles. The Bertz CT molecular complexity index is 1170. The number of carboxylic acid groups (broad SMARTS) is 1. The Hall–Kier alpha value is -2.59. The Kier molecular flexibility index (Phi) is 8.18. The minimum atomic E-state index is -1.31. The van der Waals surface area contributed by atoms with Crippen molar-refractivity contribution in [1.82, 2.24) is 20.2 Å². The van der Waals surface area contributed by atoms with Crippen LogP contribution in [0, 0.1) is 11.2 Å². The average molecular weight is 550 g/mol. The third-order valence-electron chi connectivity index (χ3n) is 7.06. The zero-order valence-corrected chi connectivity index (χ0v) is 23.1. The molecule has 1 saturated heterocycles. The fourth-order valence-corrected chi connectivity index (χ4v) is 6.71. The minimum absolute atomic E-state index is 0.0264. The summed E-state index contributed by atoms with van der Waals surface area (Å²) in [5.74, 6) is 0.257. The van der Waals surface area contributed by atoms with Crippen LogP contribution in [0.5, 0.6) is 0 Å². The van der Waals surface area contributed by atoms with Crippen molar-refractivity contribution in [2.45, 2.75) is 57.1 Å². The summed E-state index contributed by atoms with van der Waals surface area (Å²) in [6.45, 7) is 9.87. The molecule has 2 aliphatic heterocycles. The third kappa shape index (κ3) is 5.80. The maximum Gasteiger partial charge on any atom is 0.405 e. The molecule has 200 valence electrons. The molecule has 2 unspecified atom stereocenters. The van der Waals surface area contributed by atoms with Gasteiger partial charge in [0.25, 0.3) is 0 Å². The van der Waals surface area contributed by atoms with Crippen molar-refractivity contribution >= 4 is 41.2 Å². The third-order valence-corrected chi connectivity index (χ3v) is 8.78. The van der Waals surface area contributed by atoms with Gasteiger partial charge >= 0.3 is 6.09 Å². The molecule has 3 heterocycles. The first-order chi connectivity index (χ1) is 17.5. The van der Waals surface area contributed by atoms with Crippen molar-refractivity contribution in [3.63, 3.8) is 0 Å². The second-order valence-corrected chi connectivity index (χ2v) is 12.1. The maximum absolute atomic E-state index is 14.4. The summed E-state index contributed by atoms with van der Waals surface area (Å²) in [5, 5.41) is 12.4. The molecule has 0 aliphatic carbocycles. The molecule has 0 radical (unpaired) electrons. The van der Waals surface area contributed by atoms with Gasteiger partial charge in [-0.05, 0) is 29.5 Å². The summed E-state index contributed by atoms with van der Waals surface area (Å²) in [7, 11) is 0. The number of carbonyl (C=O) groups is 2. The second-order valence-electron chi connectivity index (χ2n) is 10.5. The Labute approximate surface area is 226 Å². The summed E-state index contributed by atoms with van der Waals surface area (Å²) in [6, 6.07) is 3.29. The Morgan fingerprint density at radius 3 is 2.54 bits per heavy atom. The lowest BCUT2D eigenvalue weighted by Gasteiger charge is -2.41. The van der Waals surface area contributed by atoms with E-state index in [9.17, 15) is 19.1 Å². The number of amides is 2. The zero-order chi connectivity index (χ0) is 26.9. The minimum Gasteiger partial charge on any atom is -0.465 e. The number of hydrogen-bond donors (Lipinski definition) is 2. The van der Waals surface area contributed by atoms with Gasteiger partial charge in [-0.2, -0.15) is 0 Å². The number of halogens is 2. The molecule has 4 rings (SSSR count). The molecule has 11 heteroatoms. The van der Waals surface area contributed by atoms with Crippen LogP contribution in [0.25, 0.3) is 0 Å². The van der Waals surface area contributed by atoms with Crippen molar-refractivity contribution in [3.8, 4) is 0 Å². The topological polar surface area (TPSA) is 98.7 Å². The van der Waals surface area contributed by atoms with E-state index in [4.69, 9.17) is 11.6 Å². The number of piperazine rings is 1. The molecule has 2 aliphatic rings. The van der Waals surface area contributed by atoms with E-state index in [0.717, 1.165) is 23.7 Å². The molecule has 2 N–H and O–H groups in total. The van der Waals surface area contributed by atoms with E-state index < -0.39 is 29.3 Å². The number of carbonyl (C=O) groups excluding carboxylic acids is 1. The lowest BCUT2D eigenvalue weighted by atomic mass is 9.71. The normalized spacial score (nSPS) is 19.4. The number of aromatic nitrogens is 2. The molecule has 0 spiro atoms. The molecule has 3 atom stereocenters. The highest BCUT2D eigenvalue weighted by molar-refractivity contribution is 7.99. The zero-order valence-electron chi connectivity index (χ0n) is 21.5. The van der Waals surface area contributed by atoms with Gasteiger partial charge in [-0.1, -0.05) is 45.4 Å². The lowest BCUT2D eigenvalue weighted by molar-refractivity contribution is -0.135. The first-order valence-electron chi connectivity index (χ1n) is 12.4. The smallest absolute Gasteiger partial charge is 0.405 e. The van der Waals surface area contributed by atoms with Gasteiger partial charge < -0.3 is 20.2 Å². The van der Waals surface area contributed by atoms with Gasteiger partial charge in [-0.15, -0.1) is 11.8 Å². The Morgan fingerprint density at radius 1 is 1.24 bits per heavy atom. The quantitative estimate of drug-likeness (QED) is 0.518.